The summed E-state index contributed by atoms with van der Waals surface area (Å²) in [5, 5.41) is 11.9. The molecule has 0 saturated heterocycles. The summed E-state index contributed by atoms with van der Waals surface area (Å²) in [5.41, 5.74) is 3.39. The Morgan fingerprint density at radius 2 is 1.72 bits per heavy atom. The second-order valence-electron chi connectivity index (χ2n) is 7.35. The van der Waals surface area contributed by atoms with Gasteiger partial charge in [-0.1, -0.05) is 48.2 Å². The van der Waals surface area contributed by atoms with Crippen molar-refractivity contribution in [3.05, 3.63) is 65.5 Å². The fourth-order valence-electron chi connectivity index (χ4n) is 3.30. The standard InChI is InChI=1S/C22H27N5O3S2/c1-5-26-19(14-27(32(4,29)30)18-12-7-6-8-13-18)24-25-22(26)31-15-20(28)23-21-16(2)10-9-11-17(21)3/h6-13H,5,14-15H2,1-4H3,(H,23,28). The molecule has 1 amide bonds. The zero-order valence-corrected chi connectivity index (χ0v) is 20.2. The lowest BCUT2D eigenvalue weighted by atomic mass is 10.1. The molecule has 8 nitrogen and oxygen atoms in total. The van der Waals surface area contributed by atoms with E-state index in [4.69, 9.17) is 0 Å². The van der Waals surface area contributed by atoms with E-state index in [9.17, 15) is 13.2 Å². The van der Waals surface area contributed by atoms with Crippen LogP contribution in [-0.4, -0.2) is 41.1 Å². The Kier molecular flexibility index (Phi) is 7.57. The average molecular weight is 474 g/mol. The number of para-hydroxylation sites is 2. The van der Waals surface area contributed by atoms with Crippen LogP contribution >= 0.6 is 11.8 Å². The Morgan fingerprint density at radius 1 is 1.06 bits per heavy atom. The number of nitrogens with zero attached hydrogens (tertiary/aromatic N) is 4. The highest BCUT2D eigenvalue weighted by Crippen LogP contribution is 2.24. The molecule has 0 bridgehead atoms. The van der Waals surface area contributed by atoms with Crippen molar-refractivity contribution in [2.24, 2.45) is 0 Å². The summed E-state index contributed by atoms with van der Waals surface area (Å²) >= 11 is 1.27. The van der Waals surface area contributed by atoms with Gasteiger partial charge in [0.1, 0.15) is 0 Å². The number of benzene rings is 2. The molecule has 32 heavy (non-hydrogen) atoms. The quantitative estimate of drug-likeness (QED) is 0.477. The van der Waals surface area contributed by atoms with E-state index in [0.29, 0.717) is 23.2 Å². The van der Waals surface area contributed by atoms with Crippen molar-refractivity contribution in [2.75, 3.05) is 21.6 Å². The molecule has 0 fully saturated rings. The van der Waals surface area contributed by atoms with Crippen molar-refractivity contribution >= 4 is 39.1 Å². The normalized spacial score (nSPS) is 11.4. The van der Waals surface area contributed by atoms with Crippen LogP contribution in [0.15, 0.2) is 53.7 Å². The van der Waals surface area contributed by atoms with Gasteiger partial charge in [0.05, 0.1) is 24.2 Å². The molecule has 1 heterocycles. The highest BCUT2D eigenvalue weighted by Gasteiger charge is 2.22. The molecule has 1 N–H and O–H groups in total. The summed E-state index contributed by atoms with van der Waals surface area (Å²) < 4.78 is 27.9. The van der Waals surface area contributed by atoms with Crippen molar-refractivity contribution in [3.8, 4) is 0 Å². The molecule has 0 spiro atoms. The minimum Gasteiger partial charge on any atom is -0.325 e. The third kappa shape index (κ3) is 5.68. The maximum atomic E-state index is 12.5. The van der Waals surface area contributed by atoms with E-state index < -0.39 is 10.0 Å². The Hall–Kier alpha value is -2.85. The molecule has 0 unspecified atom stereocenters. The molecule has 3 aromatic rings. The number of rotatable bonds is 9. The minimum absolute atomic E-state index is 0.0544. The summed E-state index contributed by atoms with van der Waals surface area (Å²) in [7, 11) is -3.52. The summed E-state index contributed by atoms with van der Waals surface area (Å²) in [5.74, 6) is 0.543. The Balaban J connectivity index is 1.74. The molecule has 0 saturated carbocycles. The maximum Gasteiger partial charge on any atom is 0.234 e. The third-order valence-electron chi connectivity index (χ3n) is 4.92. The molecule has 0 aliphatic carbocycles. The fourth-order valence-corrected chi connectivity index (χ4v) is 4.98. The van der Waals surface area contributed by atoms with Crippen LogP contribution < -0.4 is 9.62 Å². The molecule has 170 valence electrons. The van der Waals surface area contributed by atoms with E-state index in [1.807, 2.05) is 49.6 Å². The second kappa shape index (κ2) is 10.2. The van der Waals surface area contributed by atoms with Crippen molar-refractivity contribution in [1.29, 1.82) is 0 Å². The summed E-state index contributed by atoms with van der Waals surface area (Å²) in [6.07, 6.45) is 1.17. The molecule has 10 heteroatoms. The lowest BCUT2D eigenvalue weighted by molar-refractivity contribution is -0.113. The van der Waals surface area contributed by atoms with Gasteiger partial charge in [-0.15, -0.1) is 10.2 Å². The summed E-state index contributed by atoms with van der Waals surface area (Å²) in [4.78, 5) is 12.5. The number of hydrogen-bond donors (Lipinski definition) is 1. The predicted octanol–water partition coefficient (Wildman–Crippen LogP) is 3.61. The van der Waals surface area contributed by atoms with Crippen LogP contribution in [0.25, 0.3) is 0 Å². The smallest absolute Gasteiger partial charge is 0.234 e. The fraction of sp³-hybridized carbons (Fsp3) is 0.318. The van der Waals surface area contributed by atoms with Gasteiger partial charge in [0, 0.05) is 12.2 Å². The van der Waals surface area contributed by atoms with Crippen molar-refractivity contribution in [2.45, 2.75) is 39.0 Å². The molecule has 0 atom stereocenters. The van der Waals surface area contributed by atoms with Gasteiger partial charge in [-0.2, -0.15) is 0 Å². The third-order valence-corrected chi connectivity index (χ3v) is 7.02. The number of amides is 1. The lowest BCUT2D eigenvalue weighted by Gasteiger charge is -2.22. The molecule has 2 aromatic carbocycles. The Morgan fingerprint density at radius 3 is 2.31 bits per heavy atom. The molecule has 1 aromatic heterocycles. The van der Waals surface area contributed by atoms with Crippen LogP contribution in [0, 0.1) is 13.8 Å². The van der Waals surface area contributed by atoms with E-state index in [-0.39, 0.29) is 18.2 Å². The molecular formula is C22H27N5O3S2. The number of carbonyl (C=O) groups excluding carboxylic acids is 1. The number of aromatic nitrogens is 3. The monoisotopic (exact) mass is 473 g/mol. The van der Waals surface area contributed by atoms with Crippen LogP contribution in [-0.2, 0) is 27.9 Å². The molecule has 0 radical (unpaired) electrons. The van der Waals surface area contributed by atoms with Gasteiger partial charge in [0.2, 0.25) is 15.9 Å². The number of thioether (sulfide) groups is 1. The summed E-state index contributed by atoms with van der Waals surface area (Å²) in [6.45, 7) is 6.45. The highest BCUT2D eigenvalue weighted by molar-refractivity contribution is 7.99. The maximum absolute atomic E-state index is 12.5. The van der Waals surface area contributed by atoms with Crippen molar-refractivity contribution < 1.29 is 13.2 Å². The van der Waals surface area contributed by atoms with E-state index in [2.05, 4.69) is 15.5 Å². The summed E-state index contributed by atoms with van der Waals surface area (Å²) in [6, 6.07) is 14.7. The van der Waals surface area contributed by atoms with Crippen molar-refractivity contribution in [3.63, 3.8) is 0 Å². The van der Waals surface area contributed by atoms with Gasteiger partial charge in [-0.05, 0) is 44.0 Å². The number of aryl methyl sites for hydroxylation is 2. The first-order valence-corrected chi connectivity index (χ1v) is 13.0. The zero-order valence-electron chi connectivity index (χ0n) is 18.6. The highest BCUT2D eigenvalue weighted by atomic mass is 32.2. The second-order valence-corrected chi connectivity index (χ2v) is 10.2. The number of nitrogens with one attached hydrogen (secondary N) is 1. The van der Waals surface area contributed by atoms with Gasteiger partial charge in [-0.25, -0.2) is 8.42 Å². The first kappa shape index (κ1) is 23.8. The van der Waals surface area contributed by atoms with E-state index in [1.165, 1.54) is 22.3 Å². The lowest BCUT2D eigenvalue weighted by Crippen LogP contribution is -2.30. The van der Waals surface area contributed by atoms with Crippen LogP contribution in [0.1, 0.15) is 23.9 Å². The molecule has 3 rings (SSSR count). The minimum atomic E-state index is -3.52. The van der Waals surface area contributed by atoms with Gasteiger partial charge < -0.3 is 9.88 Å². The number of sulfonamides is 1. The van der Waals surface area contributed by atoms with E-state index in [0.717, 1.165) is 16.8 Å². The number of anilines is 2. The van der Waals surface area contributed by atoms with Crippen LogP contribution in [0.3, 0.4) is 0 Å². The first-order valence-electron chi connectivity index (χ1n) is 10.1. The SMILES string of the molecule is CCn1c(CN(c2ccccc2)S(C)(=O)=O)nnc1SCC(=O)Nc1c(C)cccc1C. The zero-order chi connectivity index (χ0) is 23.3. The topological polar surface area (TPSA) is 97.2 Å². The Bertz CT molecular complexity index is 1170. The van der Waals surface area contributed by atoms with Crippen molar-refractivity contribution in [1.82, 2.24) is 14.8 Å². The largest absolute Gasteiger partial charge is 0.325 e. The van der Waals surface area contributed by atoms with E-state index in [1.54, 1.807) is 24.3 Å². The number of hydrogen-bond acceptors (Lipinski definition) is 6. The molecular weight excluding hydrogens is 446 g/mol. The van der Waals surface area contributed by atoms with E-state index >= 15 is 0 Å². The first-order chi connectivity index (χ1) is 15.2. The van der Waals surface area contributed by atoms with Gasteiger partial charge in [-0.3, -0.25) is 9.10 Å². The van der Waals surface area contributed by atoms with Crippen LogP contribution in [0.2, 0.25) is 0 Å². The molecule has 0 aliphatic heterocycles. The predicted molar refractivity (Wildman–Crippen MR) is 128 cm³/mol. The average Bonchev–Trinajstić information content (AvgIpc) is 3.14. The van der Waals surface area contributed by atoms with Gasteiger partial charge in [0.15, 0.2) is 11.0 Å². The van der Waals surface area contributed by atoms with Gasteiger partial charge in [0.25, 0.3) is 0 Å². The Labute approximate surface area is 193 Å². The van der Waals surface area contributed by atoms with Crippen LogP contribution in [0.4, 0.5) is 11.4 Å². The number of carbonyl (C=O) groups is 1. The van der Waals surface area contributed by atoms with Gasteiger partial charge >= 0.3 is 0 Å². The van der Waals surface area contributed by atoms with Crippen LogP contribution in [0.5, 0.6) is 0 Å². The molecule has 0 aliphatic rings.